The number of nitrogens with zero attached hydrogens (tertiary/aromatic N) is 2. The fourth-order valence-electron chi connectivity index (χ4n) is 1.26. The summed E-state index contributed by atoms with van der Waals surface area (Å²) in [5.74, 6) is 0.816. The summed E-state index contributed by atoms with van der Waals surface area (Å²) in [5, 5.41) is 1.70. The van der Waals surface area contributed by atoms with Gasteiger partial charge in [0.25, 0.3) is 0 Å². The number of allylic oxidation sites excluding steroid dienone is 1. The van der Waals surface area contributed by atoms with Crippen molar-refractivity contribution in [2.24, 2.45) is 4.99 Å². The van der Waals surface area contributed by atoms with Crippen molar-refractivity contribution < 1.29 is 0 Å². The summed E-state index contributed by atoms with van der Waals surface area (Å²) in [4.78, 5) is 4.45. The number of hydrogen-bond acceptors (Lipinski definition) is 4. The van der Waals surface area contributed by atoms with Crippen LogP contribution in [0.3, 0.4) is 0 Å². The van der Waals surface area contributed by atoms with Crippen LogP contribution < -0.4 is 16.3 Å². The fourth-order valence-corrected chi connectivity index (χ4v) is 1.26. The van der Waals surface area contributed by atoms with Gasteiger partial charge in [0.05, 0.1) is 5.70 Å². The van der Waals surface area contributed by atoms with Crippen molar-refractivity contribution in [1.29, 1.82) is 0 Å². The summed E-state index contributed by atoms with van der Waals surface area (Å²) in [5.41, 5.74) is 10.3. The first kappa shape index (κ1) is 12.7. The standard InChI is InChI=1S/C11H21N5/c1-6-10-7-11(12-8(2)3)15-16(14-10)13-9(4)5/h6-9,13-14H,1H2,2-5H3,(H,12,15). The second-order valence-electron chi connectivity index (χ2n) is 4.25. The van der Waals surface area contributed by atoms with Gasteiger partial charge in [-0.25, -0.2) is 5.43 Å². The average molecular weight is 223 g/mol. The summed E-state index contributed by atoms with van der Waals surface area (Å²) >= 11 is 0. The molecule has 0 saturated heterocycles. The smallest absolute Gasteiger partial charge is 0.140 e. The zero-order valence-corrected chi connectivity index (χ0v) is 10.4. The zero-order valence-electron chi connectivity index (χ0n) is 10.4. The molecule has 0 saturated carbocycles. The van der Waals surface area contributed by atoms with Gasteiger partial charge >= 0.3 is 0 Å². The third-order valence-corrected chi connectivity index (χ3v) is 1.76. The topological polar surface area (TPSA) is 51.7 Å². The summed E-state index contributed by atoms with van der Waals surface area (Å²) < 4.78 is 0. The van der Waals surface area contributed by atoms with E-state index in [-0.39, 0.29) is 6.04 Å². The van der Waals surface area contributed by atoms with Crippen molar-refractivity contribution in [3.63, 3.8) is 0 Å². The first-order chi connectivity index (χ1) is 7.51. The molecule has 1 aliphatic rings. The highest BCUT2D eigenvalue weighted by Gasteiger charge is 2.14. The Hall–Kier alpha value is -1.33. The molecule has 1 heterocycles. The molecule has 0 aromatic heterocycles. The summed E-state index contributed by atoms with van der Waals surface area (Å²) in [6, 6.07) is 0.577. The van der Waals surface area contributed by atoms with E-state index in [1.165, 1.54) is 0 Å². The summed E-state index contributed by atoms with van der Waals surface area (Å²) in [7, 11) is 0. The van der Waals surface area contributed by atoms with Crippen LogP contribution in [0.5, 0.6) is 0 Å². The Morgan fingerprint density at radius 3 is 2.56 bits per heavy atom. The molecule has 0 aromatic rings. The van der Waals surface area contributed by atoms with Crippen molar-refractivity contribution in [1.82, 2.24) is 21.5 Å². The minimum Gasteiger partial charge on any atom is -0.287 e. The maximum atomic E-state index is 4.45. The van der Waals surface area contributed by atoms with Crippen molar-refractivity contribution in [2.75, 3.05) is 0 Å². The molecule has 0 aliphatic carbocycles. The van der Waals surface area contributed by atoms with Gasteiger partial charge < -0.3 is 0 Å². The molecule has 3 N–H and O–H groups in total. The van der Waals surface area contributed by atoms with E-state index >= 15 is 0 Å². The zero-order chi connectivity index (χ0) is 12.1. The van der Waals surface area contributed by atoms with Gasteiger partial charge in [0.1, 0.15) is 5.84 Å². The van der Waals surface area contributed by atoms with Crippen LogP contribution >= 0.6 is 0 Å². The van der Waals surface area contributed by atoms with Gasteiger partial charge in [0, 0.05) is 18.2 Å². The molecule has 0 fully saturated rings. The molecule has 1 rings (SSSR count). The molecular formula is C11H21N5. The van der Waals surface area contributed by atoms with E-state index in [2.05, 4.69) is 41.7 Å². The van der Waals surface area contributed by atoms with Gasteiger partial charge in [-0.1, -0.05) is 11.8 Å². The SMILES string of the molecule is C=CC1=CC(=NC(C)C)NN(NC(C)C)N1. The molecule has 1 aliphatic heterocycles. The largest absolute Gasteiger partial charge is 0.287 e. The van der Waals surface area contributed by atoms with Crippen molar-refractivity contribution in [3.05, 3.63) is 24.4 Å². The van der Waals surface area contributed by atoms with Crippen molar-refractivity contribution in [3.8, 4) is 0 Å². The molecule has 5 heteroatoms. The highest BCUT2D eigenvalue weighted by Crippen LogP contribution is 2.00. The second-order valence-corrected chi connectivity index (χ2v) is 4.25. The van der Waals surface area contributed by atoms with Gasteiger partial charge in [-0.2, -0.15) is 0 Å². The first-order valence-corrected chi connectivity index (χ1v) is 5.52. The number of amidine groups is 1. The number of rotatable bonds is 4. The maximum Gasteiger partial charge on any atom is 0.140 e. The van der Waals surface area contributed by atoms with Gasteiger partial charge in [0.15, 0.2) is 0 Å². The predicted octanol–water partition coefficient (Wildman–Crippen LogP) is 1.10. The highest BCUT2D eigenvalue weighted by molar-refractivity contribution is 5.94. The number of nitrogens with one attached hydrogen (secondary N) is 3. The van der Waals surface area contributed by atoms with Crippen LogP contribution in [0.25, 0.3) is 0 Å². The van der Waals surface area contributed by atoms with Gasteiger partial charge in [0.2, 0.25) is 0 Å². The molecule has 0 spiro atoms. The normalized spacial score (nSPS) is 19.6. The molecule has 5 nitrogen and oxygen atoms in total. The molecular weight excluding hydrogens is 202 g/mol. The highest BCUT2D eigenvalue weighted by atomic mass is 15.9. The molecule has 0 amide bonds. The average Bonchev–Trinajstić information content (AvgIpc) is 2.14. The summed E-state index contributed by atoms with van der Waals surface area (Å²) in [6.07, 6.45) is 3.68. The number of hydrogen-bond donors (Lipinski definition) is 3. The number of aliphatic imine (C=N–C) groups is 1. The van der Waals surface area contributed by atoms with Crippen LogP contribution in [0.15, 0.2) is 29.4 Å². The van der Waals surface area contributed by atoms with Crippen LogP contribution in [0, 0.1) is 0 Å². The predicted molar refractivity (Wildman–Crippen MR) is 67.2 cm³/mol. The molecule has 90 valence electrons. The molecule has 16 heavy (non-hydrogen) atoms. The lowest BCUT2D eigenvalue weighted by atomic mass is 10.3. The molecule has 0 radical (unpaired) electrons. The third-order valence-electron chi connectivity index (χ3n) is 1.76. The quantitative estimate of drug-likeness (QED) is 0.668. The van der Waals surface area contributed by atoms with E-state index in [9.17, 15) is 0 Å². The maximum absolute atomic E-state index is 4.45. The van der Waals surface area contributed by atoms with Crippen LogP contribution in [-0.4, -0.2) is 23.1 Å². The molecule has 0 unspecified atom stereocenters. The van der Waals surface area contributed by atoms with Gasteiger partial charge in [-0.3, -0.25) is 15.8 Å². The van der Waals surface area contributed by atoms with Gasteiger partial charge in [-0.15, -0.1) is 0 Å². The Morgan fingerprint density at radius 1 is 1.38 bits per heavy atom. The molecule has 0 bridgehead atoms. The molecule has 0 atom stereocenters. The van der Waals surface area contributed by atoms with Crippen LogP contribution in [0.2, 0.25) is 0 Å². The lowest BCUT2D eigenvalue weighted by Crippen LogP contribution is -2.61. The Bertz CT molecular complexity index is 303. The van der Waals surface area contributed by atoms with E-state index in [1.54, 1.807) is 11.3 Å². The Balaban J connectivity index is 2.77. The van der Waals surface area contributed by atoms with E-state index in [0.29, 0.717) is 6.04 Å². The Morgan fingerprint density at radius 2 is 2.06 bits per heavy atom. The fraction of sp³-hybridized carbons (Fsp3) is 0.545. The third kappa shape index (κ3) is 4.04. The van der Waals surface area contributed by atoms with Crippen LogP contribution in [-0.2, 0) is 0 Å². The minimum absolute atomic E-state index is 0.254. The van der Waals surface area contributed by atoms with Crippen LogP contribution in [0.4, 0.5) is 0 Å². The lowest BCUT2D eigenvalue weighted by molar-refractivity contribution is 0.0794. The van der Waals surface area contributed by atoms with Gasteiger partial charge in [-0.05, 0) is 33.8 Å². The Labute approximate surface area is 97.2 Å². The lowest BCUT2D eigenvalue weighted by Gasteiger charge is -2.31. The van der Waals surface area contributed by atoms with E-state index in [1.807, 2.05) is 19.9 Å². The van der Waals surface area contributed by atoms with E-state index in [0.717, 1.165) is 11.5 Å². The second kappa shape index (κ2) is 5.67. The van der Waals surface area contributed by atoms with Crippen LogP contribution in [0.1, 0.15) is 27.7 Å². The first-order valence-electron chi connectivity index (χ1n) is 5.52. The summed E-state index contributed by atoms with van der Waals surface area (Å²) in [6.45, 7) is 12.0. The Kier molecular flexibility index (Phi) is 4.52. The number of hydrazine groups is 3. The van der Waals surface area contributed by atoms with E-state index < -0.39 is 0 Å². The van der Waals surface area contributed by atoms with Crippen molar-refractivity contribution in [2.45, 2.75) is 39.8 Å². The monoisotopic (exact) mass is 223 g/mol. The van der Waals surface area contributed by atoms with E-state index in [4.69, 9.17) is 0 Å². The van der Waals surface area contributed by atoms with Crippen molar-refractivity contribution >= 4 is 5.84 Å². The molecule has 0 aromatic carbocycles. The minimum atomic E-state index is 0.254.